The second-order valence-electron chi connectivity index (χ2n) is 5.10. The summed E-state index contributed by atoms with van der Waals surface area (Å²) in [5.74, 6) is 0.882. The Hall–Kier alpha value is -1.33. The Morgan fingerprint density at radius 2 is 2.24 bits per heavy atom. The lowest BCUT2D eigenvalue weighted by Crippen LogP contribution is -2.18. The van der Waals surface area contributed by atoms with Crippen molar-refractivity contribution >= 4 is 15.9 Å². The third-order valence-corrected chi connectivity index (χ3v) is 3.92. The minimum absolute atomic E-state index is 0.322. The van der Waals surface area contributed by atoms with Crippen molar-refractivity contribution in [3.8, 4) is 5.75 Å². The lowest BCUT2D eigenvalue weighted by molar-refractivity contribution is 0.407. The zero-order chi connectivity index (χ0) is 15.2. The number of aromatic nitrogens is 2. The van der Waals surface area contributed by atoms with Gasteiger partial charge in [-0.05, 0) is 38.1 Å². The van der Waals surface area contributed by atoms with Gasteiger partial charge in [-0.15, -0.1) is 0 Å². The highest BCUT2D eigenvalue weighted by Crippen LogP contribution is 2.24. The summed E-state index contributed by atoms with van der Waals surface area (Å²) >= 11 is 3.50. The minimum Gasteiger partial charge on any atom is -0.496 e. The molecule has 1 atom stereocenters. The molecule has 21 heavy (non-hydrogen) atoms. The van der Waals surface area contributed by atoms with Crippen LogP contribution in [0.1, 0.15) is 37.4 Å². The first-order valence-corrected chi connectivity index (χ1v) is 8.01. The molecule has 0 amide bonds. The van der Waals surface area contributed by atoms with E-state index in [2.05, 4.69) is 52.5 Å². The van der Waals surface area contributed by atoms with Gasteiger partial charge in [0.05, 0.1) is 19.9 Å². The first kappa shape index (κ1) is 16.0. The molecule has 1 unspecified atom stereocenters. The van der Waals surface area contributed by atoms with Crippen LogP contribution in [0.25, 0.3) is 0 Å². The molecule has 1 N–H and O–H groups in total. The molecular weight excluding hydrogens is 330 g/mol. The summed E-state index contributed by atoms with van der Waals surface area (Å²) in [7, 11) is 1.69. The number of methoxy groups -OCH3 is 1. The fraction of sp³-hybridized carbons (Fsp3) is 0.438. The molecule has 0 aliphatic heterocycles. The summed E-state index contributed by atoms with van der Waals surface area (Å²) < 4.78 is 8.40. The monoisotopic (exact) mass is 351 g/mol. The van der Waals surface area contributed by atoms with Crippen molar-refractivity contribution in [2.45, 2.75) is 32.9 Å². The fourth-order valence-corrected chi connectivity index (χ4v) is 2.62. The van der Waals surface area contributed by atoms with Crippen molar-refractivity contribution in [3.05, 3.63) is 46.2 Å². The maximum absolute atomic E-state index is 5.41. The van der Waals surface area contributed by atoms with E-state index >= 15 is 0 Å². The Balaban J connectivity index is 2.10. The summed E-state index contributed by atoms with van der Waals surface area (Å²) in [6.07, 6.45) is 5.15. The average molecular weight is 352 g/mol. The van der Waals surface area contributed by atoms with E-state index in [-0.39, 0.29) is 0 Å². The van der Waals surface area contributed by atoms with E-state index in [1.807, 2.05) is 23.0 Å². The molecule has 2 rings (SSSR count). The SMILES string of the molecule is CCCNC(C)c1cnn(Cc2cc(Br)ccc2OC)c1. The average Bonchev–Trinajstić information content (AvgIpc) is 2.93. The third kappa shape index (κ3) is 4.32. The molecule has 0 bridgehead atoms. The van der Waals surface area contributed by atoms with Gasteiger partial charge in [0.15, 0.2) is 0 Å². The molecule has 1 heterocycles. The van der Waals surface area contributed by atoms with Crippen molar-refractivity contribution in [2.24, 2.45) is 0 Å². The first-order valence-electron chi connectivity index (χ1n) is 7.22. The van der Waals surface area contributed by atoms with E-state index in [0.717, 1.165) is 28.8 Å². The molecule has 0 saturated heterocycles. The molecule has 0 radical (unpaired) electrons. The lowest BCUT2D eigenvalue weighted by atomic mass is 10.2. The molecule has 1 aromatic heterocycles. The minimum atomic E-state index is 0.322. The number of halogens is 1. The molecule has 1 aromatic carbocycles. The van der Waals surface area contributed by atoms with Crippen molar-refractivity contribution in [1.29, 1.82) is 0 Å². The van der Waals surface area contributed by atoms with Crippen molar-refractivity contribution < 1.29 is 4.74 Å². The van der Waals surface area contributed by atoms with Gasteiger partial charge in [-0.2, -0.15) is 5.10 Å². The number of benzene rings is 1. The van der Waals surface area contributed by atoms with E-state index in [1.54, 1.807) is 7.11 Å². The summed E-state index contributed by atoms with van der Waals surface area (Å²) in [4.78, 5) is 0. The highest BCUT2D eigenvalue weighted by molar-refractivity contribution is 9.10. The Morgan fingerprint density at radius 3 is 2.95 bits per heavy atom. The highest BCUT2D eigenvalue weighted by atomic mass is 79.9. The molecule has 0 spiro atoms. The molecule has 5 heteroatoms. The molecular formula is C16H22BrN3O. The molecule has 2 aromatic rings. The van der Waals surface area contributed by atoms with Crippen LogP contribution in [0.5, 0.6) is 5.75 Å². The van der Waals surface area contributed by atoms with Crippen LogP contribution < -0.4 is 10.1 Å². The molecule has 0 aliphatic rings. The van der Waals surface area contributed by atoms with Gasteiger partial charge in [0.2, 0.25) is 0 Å². The maximum Gasteiger partial charge on any atom is 0.124 e. The maximum atomic E-state index is 5.41. The summed E-state index contributed by atoms with van der Waals surface area (Å²) in [5.41, 5.74) is 2.31. The van der Waals surface area contributed by atoms with Crippen LogP contribution in [0, 0.1) is 0 Å². The number of hydrogen-bond donors (Lipinski definition) is 1. The van der Waals surface area contributed by atoms with Crippen LogP contribution in [0.4, 0.5) is 0 Å². The number of hydrogen-bond acceptors (Lipinski definition) is 3. The van der Waals surface area contributed by atoms with E-state index in [4.69, 9.17) is 4.74 Å². The second kappa shape index (κ2) is 7.61. The van der Waals surface area contributed by atoms with Gasteiger partial charge in [0.1, 0.15) is 5.75 Å². The van der Waals surface area contributed by atoms with E-state index < -0.39 is 0 Å². The number of nitrogens with zero attached hydrogens (tertiary/aromatic N) is 2. The van der Waals surface area contributed by atoms with Crippen molar-refractivity contribution in [3.63, 3.8) is 0 Å². The number of ether oxygens (including phenoxy) is 1. The van der Waals surface area contributed by atoms with E-state index in [0.29, 0.717) is 12.6 Å². The van der Waals surface area contributed by atoms with Gasteiger partial charge < -0.3 is 10.1 Å². The van der Waals surface area contributed by atoms with Gasteiger partial charge in [0.25, 0.3) is 0 Å². The van der Waals surface area contributed by atoms with Crippen LogP contribution in [-0.2, 0) is 6.54 Å². The Labute approximate surface area is 134 Å². The van der Waals surface area contributed by atoms with Crippen molar-refractivity contribution in [1.82, 2.24) is 15.1 Å². The zero-order valence-electron chi connectivity index (χ0n) is 12.8. The second-order valence-corrected chi connectivity index (χ2v) is 6.02. The van der Waals surface area contributed by atoms with Gasteiger partial charge in [-0.3, -0.25) is 4.68 Å². The largest absolute Gasteiger partial charge is 0.496 e. The Bertz CT molecular complexity index is 583. The Morgan fingerprint density at radius 1 is 1.43 bits per heavy atom. The van der Waals surface area contributed by atoms with Crippen LogP contribution in [-0.4, -0.2) is 23.4 Å². The highest BCUT2D eigenvalue weighted by Gasteiger charge is 2.09. The van der Waals surface area contributed by atoms with Crippen molar-refractivity contribution in [2.75, 3.05) is 13.7 Å². The predicted octanol–water partition coefficient (Wildman–Crippen LogP) is 3.76. The van der Waals surface area contributed by atoms with Gasteiger partial charge >= 0.3 is 0 Å². The third-order valence-electron chi connectivity index (χ3n) is 3.43. The standard InChI is InChI=1S/C16H22BrN3O/c1-4-7-18-12(2)14-9-19-20(11-14)10-13-8-15(17)5-6-16(13)21-3/h5-6,8-9,11-12,18H,4,7,10H2,1-3H3. The van der Waals surface area contributed by atoms with Gasteiger partial charge in [-0.1, -0.05) is 22.9 Å². The number of rotatable bonds is 7. The van der Waals surface area contributed by atoms with Gasteiger partial charge in [0, 0.05) is 27.8 Å². The first-order chi connectivity index (χ1) is 10.1. The smallest absolute Gasteiger partial charge is 0.124 e. The summed E-state index contributed by atoms with van der Waals surface area (Å²) in [6, 6.07) is 6.34. The Kier molecular flexibility index (Phi) is 5.82. The summed E-state index contributed by atoms with van der Waals surface area (Å²) in [6.45, 7) is 6.05. The van der Waals surface area contributed by atoms with Crippen LogP contribution in [0.2, 0.25) is 0 Å². The van der Waals surface area contributed by atoms with Crippen LogP contribution >= 0.6 is 15.9 Å². The molecule has 4 nitrogen and oxygen atoms in total. The fourth-order valence-electron chi connectivity index (χ4n) is 2.21. The molecule has 114 valence electrons. The molecule has 0 saturated carbocycles. The molecule has 0 fully saturated rings. The number of nitrogens with one attached hydrogen (secondary N) is 1. The quantitative estimate of drug-likeness (QED) is 0.825. The van der Waals surface area contributed by atoms with Gasteiger partial charge in [-0.25, -0.2) is 0 Å². The summed E-state index contributed by atoms with van der Waals surface area (Å²) in [5, 5.41) is 7.92. The van der Waals surface area contributed by atoms with Crippen LogP contribution in [0.3, 0.4) is 0 Å². The molecule has 0 aliphatic carbocycles. The zero-order valence-corrected chi connectivity index (χ0v) is 14.4. The predicted molar refractivity (Wildman–Crippen MR) is 88.7 cm³/mol. The normalized spacial score (nSPS) is 12.4. The topological polar surface area (TPSA) is 39.1 Å². The van der Waals surface area contributed by atoms with E-state index in [9.17, 15) is 0 Å². The lowest BCUT2D eigenvalue weighted by Gasteiger charge is -2.11. The van der Waals surface area contributed by atoms with E-state index in [1.165, 1.54) is 5.56 Å². The van der Waals surface area contributed by atoms with Crippen LogP contribution in [0.15, 0.2) is 35.1 Å².